The number of fused-ring (bicyclic) bond motifs is 1. The highest BCUT2D eigenvalue weighted by molar-refractivity contribution is 5.60. The van der Waals surface area contributed by atoms with Gasteiger partial charge in [0.1, 0.15) is 23.6 Å². The van der Waals surface area contributed by atoms with Crippen LogP contribution in [0.5, 0.6) is 5.75 Å². The first-order valence-electron chi connectivity index (χ1n) is 9.27. The molecule has 0 spiro atoms. The topological polar surface area (TPSA) is 72.2 Å². The molecule has 0 fully saturated rings. The Morgan fingerprint density at radius 1 is 1.19 bits per heavy atom. The molecule has 1 aromatic carbocycles. The molecule has 140 valence electrons. The third-order valence-corrected chi connectivity index (χ3v) is 5.01. The molecule has 0 saturated carbocycles. The number of ether oxygens (including phenoxy) is 1. The molecule has 1 atom stereocenters. The van der Waals surface area contributed by atoms with E-state index < -0.39 is 0 Å². The molecule has 1 aliphatic carbocycles. The summed E-state index contributed by atoms with van der Waals surface area (Å²) in [6.07, 6.45) is 7.48. The predicted molar refractivity (Wildman–Crippen MR) is 106 cm³/mol. The van der Waals surface area contributed by atoms with E-state index in [1.54, 1.807) is 19.6 Å². The van der Waals surface area contributed by atoms with Crippen LogP contribution in [0.3, 0.4) is 0 Å². The van der Waals surface area contributed by atoms with Crippen LogP contribution >= 0.6 is 0 Å². The first-order valence-corrected chi connectivity index (χ1v) is 9.27. The molecule has 1 aliphatic rings. The minimum absolute atomic E-state index is 0.315. The molecule has 6 nitrogen and oxygen atoms in total. The van der Waals surface area contributed by atoms with Gasteiger partial charge >= 0.3 is 0 Å². The second-order valence-corrected chi connectivity index (χ2v) is 6.76. The molecular weight excluding hydrogens is 340 g/mol. The summed E-state index contributed by atoms with van der Waals surface area (Å²) in [5, 5.41) is 6.73. The highest BCUT2D eigenvalue weighted by atomic mass is 16.5. The van der Waals surface area contributed by atoms with Gasteiger partial charge < -0.3 is 19.8 Å². The van der Waals surface area contributed by atoms with Gasteiger partial charge in [-0.2, -0.15) is 0 Å². The Hall–Kier alpha value is -3.02. The minimum atomic E-state index is 0.315. The molecule has 3 aromatic rings. The quantitative estimate of drug-likeness (QED) is 0.663. The van der Waals surface area contributed by atoms with Gasteiger partial charge in [-0.25, -0.2) is 9.97 Å². The Morgan fingerprint density at radius 3 is 2.85 bits per heavy atom. The third-order valence-electron chi connectivity index (χ3n) is 5.01. The Balaban J connectivity index is 1.59. The van der Waals surface area contributed by atoms with Crippen LogP contribution in [0.4, 0.5) is 11.6 Å². The Labute approximate surface area is 159 Å². The van der Waals surface area contributed by atoms with Gasteiger partial charge in [0.15, 0.2) is 5.82 Å². The number of nitrogens with one attached hydrogen (secondary N) is 2. The van der Waals surface area contributed by atoms with Crippen molar-refractivity contribution in [2.75, 3.05) is 24.8 Å². The van der Waals surface area contributed by atoms with Crippen molar-refractivity contribution < 1.29 is 9.15 Å². The zero-order valence-corrected chi connectivity index (χ0v) is 15.7. The molecule has 4 rings (SSSR count). The highest BCUT2D eigenvalue weighted by Gasteiger charge is 2.20. The fourth-order valence-electron chi connectivity index (χ4n) is 3.67. The van der Waals surface area contributed by atoms with Gasteiger partial charge in [-0.1, -0.05) is 12.1 Å². The van der Waals surface area contributed by atoms with Gasteiger partial charge in [0, 0.05) is 19.2 Å². The number of benzene rings is 1. The van der Waals surface area contributed by atoms with Crippen LogP contribution in [0.25, 0.3) is 11.4 Å². The van der Waals surface area contributed by atoms with E-state index >= 15 is 0 Å². The number of nitrogens with zero attached hydrogens (tertiary/aromatic N) is 2. The number of aromatic nitrogens is 2. The monoisotopic (exact) mass is 364 g/mol. The third kappa shape index (κ3) is 3.74. The summed E-state index contributed by atoms with van der Waals surface area (Å²) in [5.41, 5.74) is 3.55. The first-order chi connectivity index (χ1) is 13.3. The number of furan rings is 1. The SMILES string of the molecule is CNc1cc(NC2CCCc3c(cccc3OC)C2)nc(-c2ccoc2)n1. The lowest BCUT2D eigenvalue weighted by Crippen LogP contribution is -2.22. The summed E-state index contributed by atoms with van der Waals surface area (Å²) >= 11 is 0. The van der Waals surface area contributed by atoms with E-state index in [2.05, 4.69) is 27.8 Å². The lowest BCUT2D eigenvalue weighted by atomic mass is 10.0. The van der Waals surface area contributed by atoms with Crippen molar-refractivity contribution >= 4 is 11.6 Å². The normalized spacial score (nSPS) is 16.3. The number of rotatable bonds is 5. The molecule has 1 unspecified atom stereocenters. The molecule has 0 aliphatic heterocycles. The molecule has 2 heterocycles. The lowest BCUT2D eigenvalue weighted by molar-refractivity contribution is 0.409. The van der Waals surface area contributed by atoms with E-state index in [4.69, 9.17) is 14.1 Å². The molecule has 6 heteroatoms. The van der Waals surface area contributed by atoms with Crippen molar-refractivity contribution in [3.05, 3.63) is 54.0 Å². The van der Waals surface area contributed by atoms with Crippen molar-refractivity contribution in [1.82, 2.24) is 9.97 Å². The van der Waals surface area contributed by atoms with Crippen LogP contribution in [0.1, 0.15) is 24.0 Å². The second-order valence-electron chi connectivity index (χ2n) is 6.76. The maximum atomic E-state index is 5.55. The average molecular weight is 364 g/mol. The molecule has 2 N–H and O–H groups in total. The van der Waals surface area contributed by atoms with E-state index in [-0.39, 0.29) is 0 Å². The number of hydrogen-bond acceptors (Lipinski definition) is 6. The number of hydrogen-bond donors (Lipinski definition) is 2. The lowest BCUT2D eigenvalue weighted by Gasteiger charge is -2.19. The fourth-order valence-corrected chi connectivity index (χ4v) is 3.67. The molecule has 0 bridgehead atoms. The van der Waals surface area contributed by atoms with Gasteiger partial charge in [-0.05, 0) is 48.9 Å². The summed E-state index contributed by atoms with van der Waals surface area (Å²) in [7, 11) is 3.60. The van der Waals surface area contributed by atoms with Crippen LogP contribution < -0.4 is 15.4 Å². The highest BCUT2D eigenvalue weighted by Crippen LogP contribution is 2.30. The summed E-state index contributed by atoms with van der Waals surface area (Å²) in [6.45, 7) is 0. The summed E-state index contributed by atoms with van der Waals surface area (Å²) in [5.74, 6) is 3.24. The summed E-state index contributed by atoms with van der Waals surface area (Å²) in [4.78, 5) is 9.22. The number of methoxy groups -OCH3 is 1. The molecule has 27 heavy (non-hydrogen) atoms. The van der Waals surface area contributed by atoms with Crippen LogP contribution in [0, 0.1) is 0 Å². The van der Waals surface area contributed by atoms with E-state index in [1.165, 1.54) is 11.1 Å². The van der Waals surface area contributed by atoms with Crippen molar-refractivity contribution in [1.29, 1.82) is 0 Å². The van der Waals surface area contributed by atoms with Crippen molar-refractivity contribution in [3.63, 3.8) is 0 Å². The van der Waals surface area contributed by atoms with Gasteiger partial charge in [0.05, 0.1) is 18.9 Å². The second kappa shape index (κ2) is 7.70. The standard InChI is InChI=1S/C21H24N4O2/c1-22-19-12-20(25-21(24-19)15-9-10-27-13-15)23-16-6-4-7-17-14(11-16)5-3-8-18(17)26-2/h3,5,8-10,12-13,16H,4,6-7,11H2,1-2H3,(H2,22,23,24,25). The molecule has 2 aromatic heterocycles. The van der Waals surface area contributed by atoms with Crippen LogP contribution in [-0.2, 0) is 12.8 Å². The zero-order chi connectivity index (χ0) is 18.6. The number of anilines is 2. The van der Waals surface area contributed by atoms with Crippen LogP contribution in [-0.4, -0.2) is 30.2 Å². The average Bonchev–Trinajstić information content (AvgIpc) is 3.15. The maximum absolute atomic E-state index is 5.55. The Morgan fingerprint density at radius 2 is 2.07 bits per heavy atom. The zero-order valence-electron chi connectivity index (χ0n) is 15.7. The van der Waals surface area contributed by atoms with Gasteiger partial charge in [-0.15, -0.1) is 0 Å². The minimum Gasteiger partial charge on any atom is -0.496 e. The van der Waals surface area contributed by atoms with E-state index in [9.17, 15) is 0 Å². The van der Waals surface area contributed by atoms with Crippen molar-refractivity contribution in [3.8, 4) is 17.1 Å². The van der Waals surface area contributed by atoms with Gasteiger partial charge in [0.25, 0.3) is 0 Å². The fraction of sp³-hybridized carbons (Fsp3) is 0.333. The largest absolute Gasteiger partial charge is 0.496 e. The predicted octanol–water partition coefficient (Wildman–Crippen LogP) is 4.15. The van der Waals surface area contributed by atoms with Gasteiger partial charge in [0.2, 0.25) is 0 Å². The van der Waals surface area contributed by atoms with Gasteiger partial charge in [-0.3, -0.25) is 0 Å². The Kier molecular flexibility index (Phi) is 4.96. The van der Waals surface area contributed by atoms with E-state index in [1.807, 2.05) is 25.2 Å². The van der Waals surface area contributed by atoms with Crippen LogP contribution in [0.15, 0.2) is 47.3 Å². The molecule has 0 radical (unpaired) electrons. The Bertz CT molecular complexity index is 909. The van der Waals surface area contributed by atoms with Crippen LogP contribution in [0.2, 0.25) is 0 Å². The summed E-state index contributed by atoms with van der Waals surface area (Å²) < 4.78 is 10.7. The molecule has 0 saturated heterocycles. The van der Waals surface area contributed by atoms with Crippen molar-refractivity contribution in [2.24, 2.45) is 0 Å². The molecule has 0 amide bonds. The maximum Gasteiger partial charge on any atom is 0.167 e. The smallest absolute Gasteiger partial charge is 0.167 e. The summed E-state index contributed by atoms with van der Waals surface area (Å²) in [6, 6.07) is 10.4. The first kappa shape index (κ1) is 17.4. The van der Waals surface area contributed by atoms with Crippen molar-refractivity contribution in [2.45, 2.75) is 31.7 Å². The van der Waals surface area contributed by atoms with E-state index in [0.29, 0.717) is 11.9 Å². The molecular formula is C21H24N4O2. The van der Waals surface area contributed by atoms with E-state index in [0.717, 1.165) is 48.6 Å².